The highest BCUT2D eigenvalue weighted by Crippen LogP contribution is 2.25. The van der Waals surface area contributed by atoms with Crippen molar-refractivity contribution in [3.05, 3.63) is 54.1 Å². The third-order valence-electron chi connectivity index (χ3n) is 3.36. The van der Waals surface area contributed by atoms with Crippen LogP contribution in [0.5, 0.6) is 5.75 Å². The zero-order valence-electron chi connectivity index (χ0n) is 11.7. The minimum atomic E-state index is -0.0601. The molecule has 5 nitrogen and oxygen atoms in total. The maximum atomic E-state index is 12.1. The Bertz CT molecular complexity index is 647. The van der Waals surface area contributed by atoms with E-state index in [0.29, 0.717) is 18.7 Å². The molecule has 0 fully saturated rings. The van der Waals surface area contributed by atoms with Crippen LogP contribution in [0.3, 0.4) is 0 Å². The summed E-state index contributed by atoms with van der Waals surface area (Å²) in [6.45, 7) is 1.80. The molecule has 108 valence electrons. The lowest BCUT2D eigenvalue weighted by Crippen LogP contribution is -2.29. The van der Waals surface area contributed by atoms with E-state index in [1.54, 1.807) is 12.5 Å². The third-order valence-corrected chi connectivity index (χ3v) is 3.36. The summed E-state index contributed by atoms with van der Waals surface area (Å²) < 4.78 is 7.57. The quantitative estimate of drug-likeness (QED) is 0.852. The summed E-state index contributed by atoms with van der Waals surface area (Å²) in [5.41, 5.74) is 1.61. The number of benzene rings is 1. The highest BCUT2D eigenvalue weighted by molar-refractivity contribution is 5.99. The summed E-state index contributed by atoms with van der Waals surface area (Å²) in [5, 5.41) is 2.92. The molecule has 1 aromatic carbocycles. The number of ether oxygens (including phenoxy) is 1. The van der Waals surface area contributed by atoms with Crippen LogP contribution in [0.15, 0.2) is 48.6 Å². The summed E-state index contributed by atoms with van der Waals surface area (Å²) >= 11 is 0. The van der Waals surface area contributed by atoms with E-state index in [1.165, 1.54) is 0 Å². The average Bonchev–Trinajstić information content (AvgIpc) is 3.04. The van der Waals surface area contributed by atoms with Gasteiger partial charge in [-0.15, -0.1) is 0 Å². The highest BCUT2D eigenvalue weighted by atomic mass is 16.5. The minimum absolute atomic E-state index is 0.0601. The number of imidazole rings is 1. The molecule has 1 aliphatic heterocycles. The van der Waals surface area contributed by atoms with Crippen LogP contribution in [0.2, 0.25) is 0 Å². The van der Waals surface area contributed by atoms with Crippen LogP contribution in [0, 0.1) is 0 Å². The van der Waals surface area contributed by atoms with Gasteiger partial charge in [-0.2, -0.15) is 0 Å². The van der Waals surface area contributed by atoms with Gasteiger partial charge in [0.15, 0.2) is 0 Å². The van der Waals surface area contributed by atoms with E-state index in [0.717, 1.165) is 24.3 Å². The predicted octanol–water partition coefficient (Wildman–Crippen LogP) is 1.87. The molecule has 0 bridgehead atoms. The maximum Gasteiger partial charge on any atom is 0.250 e. The predicted molar refractivity (Wildman–Crippen MR) is 79.8 cm³/mol. The second kappa shape index (κ2) is 6.26. The van der Waals surface area contributed by atoms with Crippen LogP contribution in [0.1, 0.15) is 12.0 Å². The Morgan fingerprint density at radius 2 is 2.29 bits per heavy atom. The molecule has 0 saturated heterocycles. The zero-order chi connectivity index (χ0) is 14.5. The van der Waals surface area contributed by atoms with E-state index in [4.69, 9.17) is 4.74 Å². The lowest BCUT2D eigenvalue weighted by Gasteiger charge is -2.17. The molecule has 3 rings (SSSR count). The molecule has 1 aromatic heterocycles. The number of aryl methyl sites for hydroxylation is 1. The van der Waals surface area contributed by atoms with Gasteiger partial charge < -0.3 is 14.6 Å². The standard InChI is InChI=1S/C16H17N3O2/c20-16(18-6-3-8-19-9-7-17-12-19)14-10-13-4-1-2-5-15(13)21-11-14/h1-2,4-5,7,9-10,12H,3,6,8,11H2,(H,18,20). The molecule has 21 heavy (non-hydrogen) atoms. The van der Waals surface area contributed by atoms with Crippen molar-refractivity contribution in [3.8, 4) is 5.75 Å². The first kappa shape index (κ1) is 13.4. The van der Waals surface area contributed by atoms with Crippen molar-refractivity contribution >= 4 is 12.0 Å². The van der Waals surface area contributed by atoms with Crippen molar-refractivity contribution in [1.29, 1.82) is 0 Å². The molecule has 2 aromatic rings. The Hall–Kier alpha value is -2.56. The van der Waals surface area contributed by atoms with Crippen LogP contribution in [-0.4, -0.2) is 28.6 Å². The van der Waals surface area contributed by atoms with Crippen molar-refractivity contribution in [3.63, 3.8) is 0 Å². The van der Waals surface area contributed by atoms with Crippen molar-refractivity contribution < 1.29 is 9.53 Å². The van der Waals surface area contributed by atoms with E-state index >= 15 is 0 Å². The number of hydrogen-bond donors (Lipinski definition) is 1. The van der Waals surface area contributed by atoms with Gasteiger partial charge in [-0.05, 0) is 18.6 Å². The van der Waals surface area contributed by atoms with Gasteiger partial charge in [-0.25, -0.2) is 4.98 Å². The van der Waals surface area contributed by atoms with Gasteiger partial charge in [0.1, 0.15) is 12.4 Å². The second-order valence-corrected chi connectivity index (χ2v) is 4.91. The fraction of sp³-hybridized carbons (Fsp3) is 0.250. The number of fused-ring (bicyclic) bond motifs is 1. The highest BCUT2D eigenvalue weighted by Gasteiger charge is 2.16. The smallest absolute Gasteiger partial charge is 0.250 e. The van der Waals surface area contributed by atoms with Crippen LogP contribution in [0.25, 0.3) is 6.08 Å². The molecule has 2 heterocycles. The average molecular weight is 283 g/mol. The molecule has 0 radical (unpaired) electrons. The van der Waals surface area contributed by atoms with Crippen molar-refractivity contribution in [2.45, 2.75) is 13.0 Å². The van der Waals surface area contributed by atoms with Gasteiger partial charge in [-0.1, -0.05) is 18.2 Å². The number of carbonyl (C=O) groups excluding carboxylic acids is 1. The number of rotatable bonds is 5. The molecule has 1 aliphatic rings. The monoisotopic (exact) mass is 283 g/mol. The SMILES string of the molecule is O=C(NCCCn1ccnc1)C1=Cc2ccccc2OC1. The van der Waals surface area contributed by atoms with Gasteiger partial charge >= 0.3 is 0 Å². The van der Waals surface area contributed by atoms with Gasteiger partial charge in [-0.3, -0.25) is 4.79 Å². The third kappa shape index (κ3) is 3.31. The Morgan fingerprint density at radius 1 is 1.38 bits per heavy atom. The number of carbonyl (C=O) groups is 1. The van der Waals surface area contributed by atoms with Gasteiger partial charge in [0, 0.05) is 31.0 Å². The maximum absolute atomic E-state index is 12.1. The van der Waals surface area contributed by atoms with E-state index in [-0.39, 0.29) is 5.91 Å². The number of amides is 1. The Morgan fingerprint density at radius 3 is 3.14 bits per heavy atom. The lowest BCUT2D eigenvalue weighted by atomic mass is 10.1. The first-order chi connectivity index (χ1) is 10.3. The normalized spacial score (nSPS) is 13.0. The first-order valence-electron chi connectivity index (χ1n) is 6.99. The lowest BCUT2D eigenvalue weighted by molar-refractivity contribution is -0.117. The molecule has 1 N–H and O–H groups in total. The van der Waals surface area contributed by atoms with E-state index in [1.807, 2.05) is 41.1 Å². The second-order valence-electron chi connectivity index (χ2n) is 4.91. The molecule has 5 heteroatoms. The summed E-state index contributed by atoms with van der Waals surface area (Å²) in [4.78, 5) is 16.1. The summed E-state index contributed by atoms with van der Waals surface area (Å²) in [6.07, 6.45) is 8.20. The van der Waals surface area contributed by atoms with Gasteiger partial charge in [0.2, 0.25) is 0 Å². The van der Waals surface area contributed by atoms with E-state index < -0.39 is 0 Å². The zero-order valence-corrected chi connectivity index (χ0v) is 11.7. The number of aromatic nitrogens is 2. The number of nitrogens with zero attached hydrogens (tertiary/aromatic N) is 2. The number of hydrogen-bond acceptors (Lipinski definition) is 3. The fourth-order valence-corrected chi connectivity index (χ4v) is 2.24. The Kier molecular flexibility index (Phi) is 4.00. The first-order valence-corrected chi connectivity index (χ1v) is 6.99. The van der Waals surface area contributed by atoms with E-state index in [2.05, 4.69) is 10.3 Å². The van der Waals surface area contributed by atoms with Crippen molar-refractivity contribution in [1.82, 2.24) is 14.9 Å². The summed E-state index contributed by atoms with van der Waals surface area (Å²) in [5.74, 6) is 0.768. The molecular formula is C16H17N3O2. The molecule has 0 aliphatic carbocycles. The van der Waals surface area contributed by atoms with Crippen LogP contribution >= 0.6 is 0 Å². The Labute approximate surface area is 123 Å². The van der Waals surface area contributed by atoms with Crippen molar-refractivity contribution in [2.75, 3.05) is 13.2 Å². The van der Waals surface area contributed by atoms with E-state index in [9.17, 15) is 4.79 Å². The van der Waals surface area contributed by atoms with Crippen LogP contribution < -0.4 is 10.1 Å². The minimum Gasteiger partial charge on any atom is -0.488 e. The molecule has 0 unspecified atom stereocenters. The van der Waals surface area contributed by atoms with Crippen molar-refractivity contribution in [2.24, 2.45) is 0 Å². The van der Waals surface area contributed by atoms with Crippen LogP contribution in [-0.2, 0) is 11.3 Å². The summed E-state index contributed by atoms with van der Waals surface area (Å²) in [6, 6.07) is 7.71. The largest absolute Gasteiger partial charge is 0.488 e. The molecular weight excluding hydrogens is 266 g/mol. The van der Waals surface area contributed by atoms with Gasteiger partial charge in [0.25, 0.3) is 5.91 Å². The van der Waals surface area contributed by atoms with Gasteiger partial charge in [0.05, 0.1) is 11.9 Å². The fourth-order valence-electron chi connectivity index (χ4n) is 2.24. The molecule has 1 amide bonds. The number of nitrogens with one attached hydrogen (secondary N) is 1. The van der Waals surface area contributed by atoms with Crippen LogP contribution in [0.4, 0.5) is 0 Å². The molecule has 0 saturated carbocycles. The molecule has 0 atom stereocenters. The Balaban J connectivity index is 1.51. The topological polar surface area (TPSA) is 56.2 Å². The molecule has 0 spiro atoms. The number of para-hydroxylation sites is 1. The summed E-state index contributed by atoms with van der Waals surface area (Å²) in [7, 11) is 0.